The van der Waals surface area contributed by atoms with E-state index < -0.39 is 47.2 Å². The quantitative estimate of drug-likeness (QED) is 0.220. The third-order valence-electron chi connectivity index (χ3n) is 7.42. The molecule has 0 unspecified atom stereocenters. The standard InChI is InChI=1S/C32H27F4N5O3/c1-3-40-30-26(24(16-18(2)28(37)42)39-41(30)23-10-5-4-6-11-23)25(19-12-14-22(33)15-13-19)27(31(40)44)38-29(43)20-8-7-9-21(17-20)32(34,35)36/h4-15,17,25,27H,2-3,16H2,1H3,(H2,37,42)(H,38,43)/t25-,27-/m1/s1. The summed E-state index contributed by atoms with van der Waals surface area (Å²) in [6.45, 7) is 5.61. The number of para-hydroxylation sites is 1. The first-order valence-corrected chi connectivity index (χ1v) is 13.6. The Balaban J connectivity index is 1.72. The molecule has 0 fully saturated rings. The SMILES string of the molecule is C=C(Cc1nn(-c2ccccc2)c2c1[C@@H](c1ccc(F)cc1)[C@@H](NC(=O)c1cccc(C(F)(F)F)c1)C(=O)N2CC)C(N)=O. The van der Waals surface area contributed by atoms with E-state index in [0.29, 0.717) is 34.4 Å². The smallest absolute Gasteiger partial charge is 0.366 e. The van der Waals surface area contributed by atoms with E-state index in [9.17, 15) is 31.9 Å². The van der Waals surface area contributed by atoms with Crippen molar-refractivity contribution in [3.05, 3.63) is 125 Å². The van der Waals surface area contributed by atoms with Crippen LogP contribution in [-0.4, -0.2) is 40.1 Å². The first kappa shape index (κ1) is 30.2. The highest BCUT2D eigenvalue weighted by Gasteiger charge is 2.46. The van der Waals surface area contributed by atoms with Gasteiger partial charge in [-0.15, -0.1) is 0 Å². The summed E-state index contributed by atoms with van der Waals surface area (Å²) in [7, 11) is 0. The van der Waals surface area contributed by atoms with Crippen LogP contribution >= 0.6 is 0 Å². The Labute approximate surface area is 249 Å². The van der Waals surface area contributed by atoms with Gasteiger partial charge in [0.1, 0.15) is 17.7 Å². The molecule has 3 amide bonds. The second-order valence-electron chi connectivity index (χ2n) is 10.2. The van der Waals surface area contributed by atoms with Crippen LogP contribution in [-0.2, 0) is 22.2 Å². The van der Waals surface area contributed by atoms with Crippen LogP contribution in [0.2, 0.25) is 0 Å². The highest BCUT2D eigenvalue weighted by molar-refractivity contribution is 6.05. The van der Waals surface area contributed by atoms with Crippen LogP contribution in [0.3, 0.4) is 0 Å². The summed E-state index contributed by atoms with van der Waals surface area (Å²) in [5.41, 5.74) is 5.99. The van der Waals surface area contributed by atoms with Gasteiger partial charge in [0, 0.05) is 35.6 Å². The minimum atomic E-state index is -4.69. The third-order valence-corrected chi connectivity index (χ3v) is 7.42. The van der Waals surface area contributed by atoms with E-state index in [1.165, 1.54) is 35.2 Å². The number of carbonyl (C=O) groups is 3. The van der Waals surface area contributed by atoms with Crippen molar-refractivity contribution in [1.29, 1.82) is 0 Å². The number of aromatic nitrogens is 2. The lowest BCUT2D eigenvalue weighted by Crippen LogP contribution is -2.55. The zero-order valence-electron chi connectivity index (χ0n) is 23.4. The first-order chi connectivity index (χ1) is 20.9. The third kappa shape index (κ3) is 5.70. The second-order valence-corrected chi connectivity index (χ2v) is 10.2. The summed E-state index contributed by atoms with van der Waals surface area (Å²) in [6.07, 6.45) is -4.79. The van der Waals surface area contributed by atoms with Gasteiger partial charge in [-0.2, -0.15) is 18.3 Å². The largest absolute Gasteiger partial charge is 0.416 e. The normalized spacial score (nSPS) is 16.4. The molecule has 3 aromatic carbocycles. The lowest BCUT2D eigenvalue weighted by molar-refractivity contribution is -0.137. The average Bonchev–Trinajstić information content (AvgIpc) is 3.36. The van der Waals surface area contributed by atoms with Gasteiger partial charge in [-0.1, -0.05) is 43.0 Å². The van der Waals surface area contributed by atoms with E-state index in [2.05, 4.69) is 11.9 Å². The van der Waals surface area contributed by atoms with E-state index in [-0.39, 0.29) is 24.1 Å². The topological polar surface area (TPSA) is 110 Å². The summed E-state index contributed by atoms with van der Waals surface area (Å²) >= 11 is 0. The fourth-order valence-electron chi connectivity index (χ4n) is 5.34. The maximum Gasteiger partial charge on any atom is 0.416 e. The molecule has 4 aromatic rings. The van der Waals surface area contributed by atoms with Crippen LogP contribution in [0.5, 0.6) is 0 Å². The van der Waals surface area contributed by atoms with E-state index in [0.717, 1.165) is 12.1 Å². The molecule has 0 radical (unpaired) electrons. The molecule has 0 saturated carbocycles. The lowest BCUT2D eigenvalue weighted by Gasteiger charge is -2.38. The molecule has 8 nitrogen and oxygen atoms in total. The van der Waals surface area contributed by atoms with Crippen molar-refractivity contribution in [2.24, 2.45) is 5.73 Å². The first-order valence-electron chi connectivity index (χ1n) is 13.6. The number of nitrogens with two attached hydrogens (primary N) is 1. The summed E-state index contributed by atoms with van der Waals surface area (Å²) in [4.78, 5) is 41.1. The molecule has 2 heterocycles. The highest BCUT2D eigenvalue weighted by Crippen LogP contribution is 2.44. The molecule has 2 atom stereocenters. The molecular formula is C32H27F4N5O3. The van der Waals surface area contributed by atoms with Gasteiger partial charge in [-0.25, -0.2) is 9.07 Å². The zero-order chi connectivity index (χ0) is 31.8. The van der Waals surface area contributed by atoms with E-state index in [1.54, 1.807) is 41.9 Å². The predicted octanol–water partition coefficient (Wildman–Crippen LogP) is 4.91. The number of nitrogens with zero attached hydrogens (tertiary/aromatic N) is 3. The molecule has 1 aliphatic heterocycles. The molecule has 0 saturated heterocycles. The van der Waals surface area contributed by atoms with Crippen molar-refractivity contribution in [2.45, 2.75) is 31.5 Å². The number of primary amides is 1. The summed E-state index contributed by atoms with van der Waals surface area (Å²) in [6, 6.07) is 16.7. The second kappa shape index (κ2) is 11.8. The van der Waals surface area contributed by atoms with Crippen molar-refractivity contribution in [2.75, 3.05) is 11.4 Å². The van der Waals surface area contributed by atoms with Crippen molar-refractivity contribution in [1.82, 2.24) is 15.1 Å². The maximum atomic E-state index is 14.2. The molecule has 12 heteroatoms. The molecule has 44 heavy (non-hydrogen) atoms. The van der Waals surface area contributed by atoms with Gasteiger partial charge in [-0.3, -0.25) is 19.3 Å². The number of hydrogen-bond donors (Lipinski definition) is 2. The minimum absolute atomic E-state index is 0.0351. The van der Waals surface area contributed by atoms with Gasteiger partial charge in [0.05, 0.1) is 16.9 Å². The number of benzene rings is 3. The van der Waals surface area contributed by atoms with Gasteiger partial charge >= 0.3 is 6.18 Å². The molecule has 1 aliphatic rings. The van der Waals surface area contributed by atoms with Gasteiger partial charge in [0.2, 0.25) is 5.91 Å². The molecule has 0 aliphatic carbocycles. The van der Waals surface area contributed by atoms with E-state index in [1.807, 2.05) is 0 Å². The Bertz CT molecular complexity index is 1750. The Morgan fingerprint density at radius 2 is 1.70 bits per heavy atom. The molecule has 0 bridgehead atoms. The maximum absolute atomic E-state index is 14.2. The summed E-state index contributed by atoms with van der Waals surface area (Å²) < 4.78 is 55.8. The number of amides is 3. The van der Waals surface area contributed by atoms with Crippen LogP contribution in [0.4, 0.5) is 23.4 Å². The lowest BCUT2D eigenvalue weighted by atomic mass is 9.80. The number of fused-ring (bicyclic) bond motifs is 1. The van der Waals surface area contributed by atoms with Crippen LogP contribution in [0.1, 0.15) is 45.6 Å². The summed E-state index contributed by atoms with van der Waals surface area (Å²) in [5, 5.41) is 7.41. The van der Waals surface area contributed by atoms with E-state index in [4.69, 9.17) is 10.8 Å². The molecule has 5 rings (SSSR count). The molecule has 3 N–H and O–H groups in total. The number of halogens is 4. The fourth-order valence-corrected chi connectivity index (χ4v) is 5.34. The van der Waals surface area contributed by atoms with E-state index >= 15 is 0 Å². The molecule has 226 valence electrons. The van der Waals surface area contributed by atoms with Crippen LogP contribution in [0, 0.1) is 5.82 Å². The summed E-state index contributed by atoms with van der Waals surface area (Å²) in [5.74, 6) is -3.41. The molecule has 1 aromatic heterocycles. The fraction of sp³-hybridized carbons (Fsp3) is 0.188. The highest BCUT2D eigenvalue weighted by atomic mass is 19.4. The number of alkyl halides is 3. The average molecular weight is 606 g/mol. The van der Waals surface area contributed by atoms with Gasteiger partial charge < -0.3 is 11.1 Å². The number of rotatable bonds is 8. The van der Waals surface area contributed by atoms with Gasteiger partial charge in [-0.05, 0) is 55.0 Å². The van der Waals surface area contributed by atoms with Crippen LogP contribution in [0.15, 0.2) is 91.0 Å². The Hall–Kier alpha value is -5.26. The molecule has 0 spiro atoms. The Morgan fingerprint density at radius 1 is 1.02 bits per heavy atom. The van der Waals surface area contributed by atoms with Gasteiger partial charge in [0.15, 0.2) is 0 Å². The number of anilines is 1. The number of carbonyl (C=O) groups excluding carboxylic acids is 3. The van der Waals surface area contributed by atoms with Crippen LogP contribution < -0.4 is 16.0 Å². The van der Waals surface area contributed by atoms with Crippen LogP contribution in [0.25, 0.3) is 5.69 Å². The Kier molecular flexibility index (Phi) is 8.09. The minimum Gasteiger partial charge on any atom is -0.366 e. The van der Waals surface area contributed by atoms with Crippen molar-refractivity contribution < 1.29 is 31.9 Å². The zero-order valence-corrected chi connectivity index (χ0v) is 23.4. The molecular weight excluding hydrogens is 578 g/mol. The van der Waals surface area contributed by atoms with Crippen molar-refractivity contribution >= 4 is 23.5 Å². The van der Waals surface area contributed by atoms with Gasteiger partial charge in [0.25, 0.3) is 11.8 Å². The van der Waals surface area contributed by atoms with Crippen molar-refractivity contribution in [3.63, 3.8) is 0 Å². The van der Waals surface area contributed by atoms with Crippen molar-refractivity contribution in [3.8, 4) is 5.69 Å². The number of likely N-dealkylation sites (N-methyl/N-ethyl adjacent to an activating group) is 1. The number of nitrogens with one attached hydrogen (secondary N) is 1. The number of hydrogen-bond acceptors (Lipinski definition) is 4. The monoisotopic (exact) mass is 605 g/mol. The Morgan fingerprint density at radius 3 is 2.32 bits per heavy atom. The predicted molar refractivity (Wildman–Crippen MR) is 155 cm³/mol.